The molecule has 3 aromatic rings. The summed E-state index contributed by atoms with van der Waals surface area (Å²) in [5.41, 5.74) is 2.58. The van der Waals surface area contributed by atoms with Gasteiger partial charge in [0.25, 0.3) is 5.56 Å². The van der Waals surface area contributed by atoms with Crippen molar-refractivity contribution in [3.63, 3.8) is 0 Å². The first kappa shape index (κ1) is 23.8. The third-order valence-corrected chi connectivity index (χ3v) is 5.86. The summed E-state index contributed by atoms with van der Waals surface area (Å²) < 4.78 is 11.9. The Morgan fingerprint density at radius 2 is 1.83 bits per heavy atom. The van der Waals surface area contributed by atoms with E-state index in [4.69, 9.17) is 14.7 Å². The van der Waals surface area contributed by atoms with Gasteiger partial charge in [-0.05, 0) is 73.7 Å². The van der Waals surface area contributed by atoms with Gasteiger partial charge in [0.2, 0.25) is 0 Å². The van der Waals surface area contributed by atoms with E-state index in [0.717, 1.165) is 31.2 Å². The van der Waals surface area contributed by atoms with E-state index < -0.39 is 0 Å². The van der Waals surface area contributed by atoms with Crippen LogP contribution in [0.1, 0.15) is 42.5 Å². The second-order valence-electron chi connectivity index (χ2n) is 8.18. The molecule has 1 saturated carbocycles. The summed E-state index contributed by atoms with van der Waals surface area (Å²) in [6.45, 7) is 0. The SMILES string of the molecule is COc1cccc(/C=C/c2nccccc[nH]c(=O)c2-c2ccc(C#N)cc2)c1OC1CCCC1. The number of benzene rings is 2. The molecule has 0 atom stereocenters. The second-order valence-corrected chi connectivity index (χ2v) is 8.18. The molecule has 0 amide bonds. The van der Waals surface area contributed by atoms with Crippen molar-refractivity contribution in [1.82, 2.24) is 9.97 Å². The van der Waals surface area contributed by atoms with Gasteiger partial charge in [0, 0.05) is 18.0 Å². The smallest absolute Gasteiger partial charge is 0.258 e. The Morgan fingerprint density at radius 1 is 1.03 bits per heavy atom. The zero-order valence-corrected chi connectivity index (χ0v) is 19.6. The van der Waals surface area contributed by atoms with E-state index >= 15 is 0 Å². The van der Waals surface area contributed by atoms with Gasteiger partial charge in [0.05, 0.1) is 36.1 Å². The molecule has 2 aromatic carbocycles. The molecule has 4 rings (SSSR count). The van der Waals surface area contributed by atoms with Crippen LogP contribution < -0.4 is 15.0 Å². The minimum absolute atomic E-state index is 0.168. The maximum Gasteiger partial charge on any atom is 0.258 e. The highest BCUT2D eigenvalue weighted by molar-refractivity contribution is 5.80. The number of aromatic amines is 1. The van der Waals surface area contributed by atoms with Crippen LogP contribution in [0.4, 0.5) is 0 Å². The average molecular weight is 466 g/mol. The van der Waals surface area contributed by atoms with Crippen LogP contribution in [0.5, 0.6) is 11.5 Å². The van der Waals surface area contributed by atoms with Crippen LogP contribution in [0.25, 0.3) is 23.3 Å². The van der Waals surface area contributed by atoms with Gasteiger partial charge in [-0.2, -0.15) is 5.26 Å². The quantitative estimate of drug-likeness (QED) is 0.487. The largest absolute Gasteiger partial charge is 0.493 e. The molecule has 0 radical (unpaired) electrons. The summed E-state index contributed by atoms with van der Waals surface area (Å²) in [6, 6.07) is 20.0. The third kappa shape index (κ3) is 5.96. The van der Waals surface area contributed by atoms with Gasteiger partial charge in [-0.25, -0.2) is 0 Å². The number of hydrogen-bond acceptors (Lipinski definition) is 5. The number of methoxy groups -OCH3 is 1. The van der Waals surface area contributed by atoms with Crippen LogP contribution in [0, 0.1) is 11.3 Å². The van der Waals surface area contributed by atoms with E-state index in [2.05, 4.69) is 16.0 Å². The minimum Gasteiger partial charge on any atom is -0.493 e. The van der Waals surface area contributed by atoms with Crippen LogP contribution in [-0.4, -0.2) is 23.2 Å². The number of H-pyrrole nitrogens is 1. The van der Waals surface area contributed by atoms with E-state index in [-0.39, 0.29) is 11.7 Å². The monoisotopic (exact) mass is 465 g/mol. The standard InChI is InChI=1S/C29H27N3O3/c1-34-26-11-7-8-23(28(26)35-24-9-3-4-10-24)16-17-25-27(22-14-12-21(20-30)13-15-22)29(33)32-19-6-2-5-18-31-25/h2,5-8,11-19,24H,3-4,9-10H2,1H3,(H,32,33)/b17-16+. The molecular weight excluding hydrogens is 438 g/mol. The maximum absolute atomic E-state index is 13.1. The first-order valence-corrected chi connectivity index (χ1v) is 11.6. The Labute approximate surface area is 204 Å². The molecule has 1 N–H and O–H groups in total. The van der Waals surface area contributed by atoms with Gasteiger partial charge in [-0.1, -0.05) is 30.3 Å². The van der Waals surface area contributed by atoms with Gasteiger partial charge in [0.1, 0.15) is 0 Å². The summed E-state index contributed by atoms with van der Waals surface area (Å²) in [6.07, 6.45) is 11.5. The number of nitriles is 1. The summed E-state index contributed by atoms with van der Waals surface area (Å²) in [4.78, 5) is 20.5. The van der Waals surface area contributed by atoms with Crippen LogP contribution in [0.2, 0.25) is 0 Å². The molecule has 1 aliphatic rings. The predicted octanol–water partition coefficient (Wildman–Crippen LogP) is 5.93. The highest BCUT2D eigenvalue weighted by Crippen LogP contribution is 2.36. The van der Waals surface area contributed by atoms with Gasteiger partial charge in [0.15, 0.2) is 11.5 Å². The number of aromatic nitrogens is 2. The molecule has 0 unspecified atom stereocenters. The van der Waals surface area contributed by atoms with Crippen LogP contribution in [0.3, 0.4) is 0 Å². The molecule has 0 aliphatic heterocycles. The fraction of sp³-hybridized carbons (Fsp3) is 0.207. The lowest BCUT2D eigenvalue weighted by Crippen LogP contribution is -2.12. The Kier molecular flexibility index (Phi) is 7.92. The van der Waals surface area contributed by atoms with Crippen LogP contribution >= 0.6 is 0 Å². The number of nitrogens with one attached hydrogen (secondary N) is 1. The molecule has 1 aliphatic carbocycles. The maximum atomic E-state index is 13.1. The van der Waals surface area contributed by atoms with Crippen molar-refractivity contribution in [2.75, 3.05) is 7.11 Å². The summed E-state index contributed by atoms with van der Waals surface area (Å²) in [5, 5.41) is 9.16. The Morgan fingerprint density at radius 3 is 2.57 bits per heavy atom. The summed E-state index contributed by atoms with van der Waals surface area (Å²) in [7, 11) is 1.63. The lowest BCUT2D eigenvalue weighted by Gasteiger charge is -2.18. The number of nitrogens with zero attached hydrogens (tertiary/aromatic N) is 2. The predicted molar refractivity (Wildman–Crippen MR) is 137 cm³/mol. The van der Waals surface area contributed by atoms with Crippen molar-refractivity contribution < 1.29 is 9.47 Å². The number of para-hydroxylation sites is 1. The molecule has 1 heterocycles. The molecule has 0 spiro atoms. The zero-order valence-electron chi connectivity index (χ0n) is 19.6. The minimum atomic E-state index is -0.300. The number of ether oxygens (including phenoxy) is 2. The van der Waals surface area contributed by atoms with Gasteiger partial charge in [-0.15, -0.1) is 0 Å². The van der Waals surface area contributed by atoms with E-state index in [1.807, 2.05) is 24.3 Å². The first-order valence-electron chi connectivity index (χ1n) is 11.6. The zero-order chi connectivity index (χ0) is 24.5. The van der Waals surface area contributed by atoms with Gasteiger partial charge < -0.3 is 14.5 Å². The number of rotatable bonds is 6. The topological polar surface area (TPSA) is 88.0 Å². The van der Waals surface area contributed by atoms with Gasteiger partial charge >= 0.3 is 0 Å². The summed E-state index contributed by atoms with van der Waals surface area (Å²) in [5.74, 6) is 1.36. The van der Waals surface area contributed by atoms with Gasteiger partial charge in [-0.3, -0.25) is 9.78 Å². The lowest BCUT2D eigenvalue weighted by molar-refractivity contribution is 0.200. The molecule has 0 saturated heterocycles. The van der Waals surface area contributed by atoms with Crippen LogP contribution in [-0.2, 0) is 0 Å². The molecule has 6 heteroatoms. The molecule has 35 heavy (non-hydrogen) atoms. The van der Waals surface area contributed by atoms with Crippen molar-refractivity contribution in [3.8, 4) is 28.7 Å². The van der Waals surface area contributed by atoms with Crippen LogP contribution in [0.15, 0.2) is 77.9 Å². The third-order valence-electron chi connectivity index (χ3n) is 5.86. The fourth-order valence-corrected chi connectivity index (χ4v) is 4.08. The Bertz CT molecular complexity index is 1350. The lowest BCUT2D eigenvalue weighted by atomic mass is 10.0. The molecule has 176 valence electrons. The van der Waals surface area contributed by atoms with Crippen molar-refractivity contribution >= 4 is 12.2 Å². The number of hydrogen-bond donors (Lipinski definition) is 1. The highest BCUT2D eigenvalue weighted by atomic mass is 16.5. The molecule has 0 bridgehead atoms. The Hall–Kier alpha value is -4.37. The fourth-order valence-electron chi connectivity index (χ4n) is 4.08. The normalized spacial score (nSPS) is 13.3. The molecular formula is C29H27N3O3. The van der Waals surface area contributed by atoms with Crippen molar-refractivity contribution in [1.29, 1.82) is 5.26 Å². The summed E-state index contributed by atoms with van der Waals surface area (Å²) >= 11 is 0. The highest BCUT2D eigenvalue weighted by Gasteiger charge is 2.20. The molecule has 1 fully saturated rings. The Balaban J connectivity index is 1.84. The van der Waals surface area contributed by atoms with E-state index in [0.29, 0.717) is 33.9 Å². The van der Waals surface area contributed by atoms with Crippen molar-refractivity contribution in [3.05, 3.63) is 100 Å². The average Bonchev–Trinajstić information content (AvgIpc) is 3.40. The molecule has 6 nitrogen and oxygen atoms in total. The molecule has 1 aromatic heterocycles. The first-order chi connectivity index (χ1) is 17.2. The van der Waals surface area contributed by atoms with E-state index in [9.17, 15) is 4.79 Å². The van der Waals surface area contributed by atoms with Crippen molar-refractivity contribution in [2.45, 2.75) is 31.8 Å². The van der Waals surface area contributed by atoms with E-state index in [1.165, 1.54) is 0 Å². The van der Waals surface area contributed by atoms with Crippen molar-refractivity contribution in [2.24, 2.45) is 0 Å². The van der Waals surface area contributed by atoms with E-state index in [1.54, 1.807) is 68.0 Å². The second kappa shape index (κ2) is 11.7.